The van der Waals surface area contributed by atoms with Crippen molar-refractivity contribution in [2.45, 2.75) is 6.92 Å². The van der Waals surface area contributed by atoms with E-state index in [0.717, 1.165) is 10.8 Å². The molecule has 0 radical (unpaired) electrons. The summed E-state index contributed by atoms with van der Waals surface area (Å²) >= 11 is 13.5. The highest BCUT2D eigenvalue weighted by Gasteiger charge is 2.08. The number of aryl methyl sites for hydroxylation is 1. The molecule has 0 aliphatic rings. The molecule has 19 heavy (non-hydrogen) atoms. The second-order valence-corrected chi connectivity index (χ2v) is 5.38. The van der Waals surface area contributed by atoms with Crippen molar-refractivity contribution in [3.05, 3.63) is 38.8 Å². The van der Waals surface area contributed by atoms with E-state index in [1.165, 1.54) is 11.3 Å². The van der Waals surface area contributed by atoms with E-state index in [1.54, 1.807) is 25.5 Å². The summed E-state index contributed by atoms with van der Waals surface area (Å²) in [6.45, 7) is 1.92. The van der Waals surface area contributed by atoms with E-state index in [2.05, 4.69) is 15.5 Å². The first kappa shape index (κ1) is 14.1. The fourth-order valence-corrected chi connectivity index (χ4v) is 2.68. The monoisotopic (exact) mass is 315 g/mol. The minimum atomic E-state index is 0.446. The van der Waals surface area contributed by atoms with E-state index in [4.69, 9.17) is 27.9 Å². The van der Waals surface area contributed by atoms with E-state index in [1.807, 2.05) is 12.3 Å². The fraction of sp³-hybridized carbons (Fsp3) is 0.167. The van der Waals surface area contributed by atoms with Gasteiger partial charge in [0, 0.05) is 16.0 Å². The number of aromatic nitrogens is 1. The Morgan fingerprint density at radius 2 is 2.21 bits per heavy atom. The van der Waals surface area contributed by atoms with Crippen molar-refractivity contribution >= 4 is 45.9 Å². The van der Waals surface area contributed by atoms with Crippen molar-refractivity contribution < 1.29 is 4.74 Å². The zero-order valence-electron chi connectivity index (χ0n) is 10.3. The molecule has 7 heteroatoms. The number of benzene rings is 1. The minimum Gasteiger partial charge on any atom is -0.495 e. The number of thiazole rings is 1. The average Bonchev–Trinajstić information content (AvgIpc) is 2.74. The van der Waals surface area contributed by atoms with Crippen LogP contribution in [0, 0.1) is 6.92 Å². The second kappa shape index (κ2) is 6.23. The Kier molecular flexibility index (Phi) is 4.63. The molecule has 1 aromatic carbocycles. The van der Waals surface area contributed by atoms with Crippen LogP contribution in [0.5, 0.6) is 5.75 Å². The fourth-order valence-electron chi connectivity index (χ4n) is 1.45. The summed E-state index contributed by atoms with van der Waals surface area (Å²) in [6.07, 6.45) is 1.59. The Morgan fingerprint density at radius 1 is 1.42 bits per heavy atom. The van der Waals surface area contributed by atoms with E-state index >= 15 is 0 Å². The molecule has 0 aliphatic carbocycles. The molecule has 1 N–H and O–H groups in total. The highest BCUT2D eigenvalue weighted by Crippen LogP contribution is 2.31. The van der Waals surface area contributed by atoms with E-state index in [0.29, 0.717) is 21.4 Å². The summed E-state index contributed by atoms with van der Waals surface area (Å²) in [6, 6.07) is 3.35. The quantitative estimate of drug-likeness (QED) is 0.679. The number of hydrazone groups is 1. The van der Waals surface area contributed by atoms with Crippen LogP contribution in [0.15, 0.2) is 22.6 Å². The molecule has 0 spiro atoms. The van der Waals surface area contributed by atoms with Crippen molar-refractivity contribution in [2.75, 3.05) is 12.5 Å². The number of nitrogens with zero attached hydrogens (tertiary/aromatic N) is 2. The lowest BCUT2D eigenvalue weighted by molar-refractivity contribution is 0.414. The van der Waals surface area contributed by atoms with Gasteiger partial charge < -0.3 is 4.74 Å². The van der Waals surface area contributed by atoms with Crippen molar-refractivity contribution in [1.82, 2.24) is 4.98 Å². The molecule has 0 fully saturated rings. The molecule has 0 unspecified atom stereocenters. The lowest BCUT2D eigenvalue weighted by Crippen LogP contribution is -1.95. The van der Waals surface area contributed by atoms with Gasteiger partial charge in [0.25, 0.3) is 0 Å². The van der Waals surface area contributed by atoms with Gasteiger partial charge in [-0.05, 0) is 19.1 Å². The summed E-state index contributed by atoms with van der Waals surface area (Å²) < 4.78 is 5.22. The maximum atomic E-state index is 6.03. The molecule has 1 aromatic heterocycles. The number of nitrogens with one attached hydrogen (secondary N) is 1. The molecule has 0 saturated heterocycles. The SMILES string of the molecule is COc1c(Cl)cc(Cl)cc1C=NNc1nc(C)cs1. The summed E-state index contributed by atoms with van der Waals surface area (Å²) in [4.78, 5) is 4.23. The lowest BCUT2D eigenvalue weighted by Gasteiger charge is -2.07. The van der Waals surface area contributed by atoms with Crippen molar-refractivity contribution in [3.8, 4) is 5.75 Å². The van der Waals surface area contributed by atoms with Gasteiger partial charge in [-0.25, -0.2) is 4.98 Å². The van der Waals surface area contributed by atoms with Crippen LogP contribution in [0.25, 0.3) is 0 Å². The number of rotatable bonds is 4. The molecular formula is C12H11Cl2N3OS. The third kappa shape index (κ3) is 3.59. The summed E-state index contributed by atoms with van der Waals surface area (Å²) in [7, 11) is 1.55. The van der Waals surface area contributed by atoms with Gasteiger partial charge in [0.2, 0.25) is 5.13 Å². The number of methoxy groups -OCH3 is 1. The Hall–Kier alpha value is -1.30. The molecule has 2 aromatic rings. The first-order valence-corrected chi connectivity index (χ1v) is 6.98. The van der Waals surface area contributed by atoms with Gasteiger partial charge in [-0.3, -0.25) is 5.43 Å². The number of halogens is 2. The standard InChI is InChI=1S/C12H11Cl2N3OS/c1-7-6-19-12(16-7)17-15-5-8-3-9(13)4-10(14)11(8)18-2/h3-6H,1-2H3,(H,16,17). The van der Waals surface area contributed by atoms with Crippen molar-refractivity contribution in [1.29, 1.82) is 0 Å². The van der Waals surface area contributed by atoms with Crippen LogP contribution in [-0.2, 0) is 0 Å². The zero-order valence-corrected chi connectivity index (χ0v) is 12.6. The number of hydrogen-bond donors (Lipinski definition) is 1. The third-order valence-electron chi connectivity index (χ3n) is 2.22. The summed E-state index contributed by atoms with van der Waals surface area (Å²) in [5.41, 5.74) is 4.48. The van der Waals surface area contributed by atoms with Crippen LogP contribution in [0.3, 0.4) is 0 Å². The first-order valence-electron chi connectivity index (χ1n) is 5.34. The van der Waals surface area contributed by atoms with Crippen molar-refractivity contribution in [3.63, 3.8) is 0 Å². The van der Waals surface area contributed by atoms with Crippen LogP contribution < -0.4 is 10.2 Å². The molecule has 2 rings (SSSR count). The van der Waals surface area contributed by atoms with Crippen LogP contribution in [0.2, 0.25) is 10.0 Å². The van der Waals surface area contributed by atoms with E-state index in [9.17, 15) is 0 Å². The number of anilines is 1. The summed E-state index contributed by atoms with van der Waals surface area (Å²) in [5, 5.41) is 7.73. The molecule has 4 nitrogen and oxygen atoms in total. The van der Waals surface area contributed by atoms with Gasteiger partial charge in [-0.2, -0.15) is 5.10 Å². The van der Waals surface area contributed by atoms with Crippen LogP contribution in [0.4, 0.5) is 5.13 Å². The highest BCUT2D eigenvalue weighted by atomic mass is 35.5. The smallest absolute Gasteiger partial charge is 0.203 e. The topological polar surface area (TPSA) is 46.5 Å². The van der Waals surface area contributed by atoms with Crippen LogP contribution >= 0.6 is 34.5 Å². The Bertz CT molecular complexity index is 613. The molecule has 0 amide bonds. The van der Waals surface area contributed by atoms with Crippen LogP contribution in [0.1, 0.15) is 11.3 Å². The molecule has 0 aliphatic heterocycles. The zero-order chi connectivity index (χ0) is 13.8. The Balaban J connectivity index is 2.18. The minimum absolute atomic E-state index is 0.446. The molecule has 0 bridgehead atoms. The van der Waals surface area contributed by atoms with Gasteiger partial charge in [0.15, 0.2) is 0 Å². The molecular weight excluding hydrogens is 305 g/mol. The Morgan fingerprint density at radius 3 is 2.84 bits per heavy atom. The van der Waals surface area contributed by atoms with Gasteiger partial charge in [0.05, 0.1) is 24.0 Å². The van der Waals surface area contributed by atoms with Gasteiger partial charge in [-0.15, -0.1) is 11.3 Å². The second-order valence-electron chi connectivity index (χ2n) is 3.67. The maximum Gasteiger partial charge on any atom is 0.203 e. The predicted octanol–water partition coefficient (Wildman–Crippen LogP) is 4.21. The van der Waals surface area contributed by atoms with Gasteiger partial charge >= 0.3 is 0 Å². The molecule has 0 atom stereocenters. The van der Waals surface area contributed by atoms with Crippen molar-refractivity contribution in [2.24, 2.45) is 5.10 Å². The first-order chi connectivity index (χ1) is 9.10. The average molecular weight is 316 g/mol. The highest BCUT2D eigenvalue weighted by molar-refractivity contribution is 7.13. The third-order valence-corrected chi connectivity index (χ3v) is 3.59. The van der Waals surface area contributed by atoms with E-state index in [-0.39, 0.29) is 0 Å². The maximum absolute atomic E-state index is 6.03. The summed E-state index contributed by atoms with van der Waals surface area (Å²) in [5.74, 6) is 0.534. The molecule has 100 valence electrons. The Labute approximate surface area is 125 Å². The largest absolute Gasteiger partial charge is 0.495 e. The lowest BCUT2D eigenvalue weighted by atomic mass is 10.2. The molecule has 0 saturated carbocycles. The van der Waals surface area contributed by atoms with E-state index < -0.39 is 0 Å². The van der Waals surface area contributed by atoms with Crippen LogP contribution in [-0.4, -0.2) is 18.3 Å². The molecule has 1 heterocycles. The number of hydrogen-bond acceptors (Lipinski definition) is 5. The normalized spacial score (nSPS) is 10.9. The number of ether oxygens (including phenoxy) is 1. The van der Waals surface area contributed by atoms with Gasteiger partial charge in [-0.1, -0.05) is 23.2 Å². The van der Waals surface area contributed by atoms with Gasteiger partial charge in [0.1, 0.15) is 5.75 Å². The predicted molar refractivity (Wildman–Crippen MR) is 81.1 cm³/mol.